The molecule has 4 heteroatoms. The van der Waals surface area contributed by atoms with Crippen LogP contribution >= 0.6 is 15.9 Å². The van der Waals surface area contributed by atoms with Gasteiger partial charge in [0.05, 0.1) is 6.04 Å². The molecule has 0 unspecified atom stereocenters. The van der Waals surface area contributed by atoms with Crippen molar-refractivity contribution >= 4 is 27.8 Å². The predicted octanol–water partition coefficient (Wildman–Crippen LogP) is 2.54. The van der Waals surface area contributed by atoms with E-state index in [0.717, 1.165) is 41.7 Å². The van der Waals surface area contributed by atoms with E-state index in [4.69, 9.17) is 5.73 Å². The molecule has 1 heterocycles. The zero-order valence-corrected chi connectivity index (χ0v) is 11.7. The number of hydrogen-bond acceptors (Lipinski definition) is 3. The van der Waals surface area contributed by atoms with Crippen molar-refractivity contribution in [3.05, 3.63) is 28.2 Å². The Morgan fingerprint density at radius 3 is 2.76 bits per heavy atom. The van der Waals surface area contributed by atoms with Crippen LogP contribution in [0.4, 0.5) is 5.69 Å². The Balaban J connectivity index is 2.00. The molecule has 0 radical (unpaired) electrons. The van der Waals surface area contributed by atoms with Crippen LogP contribution in [0.1, 0.15) is 18.4 Å². The summed E-state index contributed by atoms with van der Waals surface area (Å²) in [5.74, 6) is 0. The Morgan fingerprint density at radius 1 is 1.41 bits per heavy atom. The van der Waals surface area contributed by atoms with Crippen molar-refractivity contribution in [1.29, 1.82) is 0 Å². The number of rotatable bonds is 2. The van der Waals surface area contributed by atoms with Crippen molar-refractivity contribution in [2.45, 2.75) is 18.9 Å². The molecule has 17 heavy (non-hydrogen) atoms. The minimum atomic E-state index is 0.453. The van der Waals surface area contributed by atoms with Crippen LogP contribution in [0.5, 0.6) is 0 Å². The molecule has 1 saturated heterocycles. The highest BCUT2D eigenvalue weighted by atomic mass is 79.9. The number of likely N-dealkylation sites (tertiary alicyclic amines) is 1. The van der Waals surface area contributed by atoms with E-state index in [2.05, 4.69) is 32.9 Å². The van der Waals surface area contributed by atoms with Crippen LogP contribution in [0.2, 0.25) is 0 Å². The van der Waals surface area contributed by atoms with Gasteiger partial charge in [0, 0.05) is 21.9 Å². The molecule has 1 aromatic carbocycles. The molecule has 1 aliphatic heterocycles. The van der Waals surface area contributed by atoms with Crippen molar-refractivity contribution in [3.8, 4) is 0 Å². The first-order valence-corrected chi connectivity index (χ1v) is 6.71. The number of halogens is 1. The quantitative estimate of drug-likeness (QED) is 0.673. The van der Waals surface area contributed by atoms with Crippen LogP contribution in [-0.2, 0) is 0 Å². The van der Waals surface area contributed by atoms with Gasteiger partial charge in [-0.3, -0.25) is 4.99 Å². The number of nitrogen functional groups attached to an aromatic ring is 1. The molecular formula is C13H18BrN3. The number of aliphatic imine (C=N–C) groups is 1. The summed E-state index contributed by atoms with van der Waals surface area (Å²) in [6.45, 7) is 2.27. The van der Waals surface area contributed by atoms with Gasteiger partial charge >= 0.3 is 0 Å². The maximum Gasteiger partial charge on any atom is 0.0524 e. The molecule has 0 atom stereocenters. The molecule has 1 fully saturated rings. The number of nitrogens with zero attached hydrogens (tertiary/aromatic N) is 2. The Morgan fingerprint density at radius 2 is 2.12 bits per heavy atom. The van der Waals surface area contributed by atoms with Crippen molar-refractivity contribution in [3.63, 3.8) is 0 Å². The molecular weight excluding hydrogens is 278 g/mol. The number of nitrogens with two attached hydrogens (primary N) is 1. The van der Waals surface area contributed by atoms with Crippen LogP contribution in [0.3, 0.4) is 0 Å². The van der Waals surface area contributed by atoms with Gasteiger partial charge in [-0.1, -0.05) is 22.0 Å². The standard InChI is InChI=1S/C13H18BrN3/c1-17-6-4-12(5-7-17)16-9-10-2-3-11(14)8-13(10)15/h2-3,8-9,12H,4-7,15H2,1H3. The van der Waals surface area contributed by atoms with Gasteiger partial charge in [-0.25, -0.2) is 0 Å². The largest absolute Gasteiger partial charge is 0.398 e. The molecule has 92 valence electrons. The lowest BCUT2D eigenvalue weighted by molar-refractivity contribution is 0.257. The molecule has 0 aromatic heterocycles. The van der Waals surface area contributed by atoms with E-state index in [1.165, 1.54) is 0 Å². The van der Waals surface area contributed by atoms with Crippen LogP contribution in [0.25, 0.3) is 0 Å². The maximum atomic E-state index is 5.93. The van der Waals surface area contributed by atoms with E-state index in [1.54, 1.807) is 0 Å². The number of benzene rings is 1. The second-order valence-corrected chi connectivity index (χ2v) is 5.50. The second-order valence-electron chi connectivity index (χ2n) is 4.59. The Hall–Kier alpha value is -0.870. The van der Waals surface area contributed by atoms with Gasteiger partial charge in [0.2, 0.25) is 0 Å². The van der Waals surface area contributed by atoms with Crippen LogP contribution in [0, 0.1) is 0 Å². The first kappa shape index (κ1) is 12.6. The van der Waals surface area contributed by atoms with Crippen molar-refractivity contribution in [2.24, 2.45) is 4.99 Å². The van der Waals surface area contributed by atoms with Crippen LogP contribution in [0.15, 0.2) is 27.7 Å². The lowest BCUT2D eigenvalue weighted by atomic mass is 10.1. The first-order chi connectivity index (χ1) is 8.15. The van der Waals surface area contributed by atoms with E-state index < -0.39 is 0 Å². The zero-order chi connectivity index (χ0) is 12.3. The summed E-state index contributed by atoms with van der Waals surface area (Å²) >= 11 is 3.40. The van der Waals surface area contributed by atoms with Crippen molar-refractivity contribution in [1.82, 2.24) is 4.90 Å². The van der Waals surface area contributed by atoms with E-state index in [0.29, 0.717) is 6.04 Å². The third kappa shape index (κ3) is 3.54. The van der Waals surface area contributed by atoms with E-state index in [1.807, 2.05) is 24.4 Å². The lowest BCUT2D eigenvalue weighted by Gasteiger charge is -2.26. The average molecular weight is 296 g/mol. The molecule has 2 rings (SSSR count). The minimum Gasteiger partial charge on any atom is -0.398 e. The highest BCUT2D eigenvalue weighted by Gasteiger charge is 2.14. The molecule has 0 bridgehead atoms. The van der Waals surface area contributed by atoms with Gasteiger partial charge in [0.25, 0.3) is 0 Å². The van der Waals surface area contributed by atoms with Gasteiger partial charge in [-0.2, -0.15) is 0 Å². The molecule has 0 spiro atoms. The van der Waals surface area contributed by atoms with Gasteiger partial charge in [-0.05, 0) is 45.1 Å². The van der Waals surface area contributed by atoms with Gasteiger partial charge < -0.3 is 10.6 Å². The van der Waals surface area contributed by atoms with E-state index in [-0.39, 0.29) is 0 Å². The maximum absolute atomic E-state index is 5.93. The molecule has 0 amide bonds. The van der Waals surface area contributed by atoms with Crippen molar-refractivity contribution < 1.29 is 0 Å². The Kier molecular flexibility index (Phi) is 4.18. The molecule has 0 saturated carbocycles. The second kappa shape index (κ2) is 5.65. The van der Waals surface area contributed by atoms with Gasteiger partial charge in [0.15, 0.2) is 0 Å². The molecule has 1 aromatic rings. The molecule has 2 N–H and O–H groups in total. The highest BCUT2D eigenvalue weighted by Crippen LogP contribution is 2.18. The molecule has 3 nitrogen and oxygen atoms in total. The van der Waals surface area contributed by atoms with Gasteiger partial charge in [0.1, 0.15) is 0 Å². The predicted molar refractivity (Wildman–Crippen MR) is 76.7 cm³/mol. The first-order valence-electron chi connectivity index (χ1n) is 5.92. The molecule has 0 aliphatic carbocycles. The number of hydrogen-bond donors (Lipinski definition) is 1. The Bertz CT molecular complexity index is 409. The summed E-state index contributed by atoms with van der Waals surface area (Å²) < 4.78 is 1.01. The molecule has 1 aliphatic rings. The van der Waals surface area contributed by atoms with Crippen LogP contribution < -0.4 is 5.73 Å². The highest BCUT2D eigenvalue weighted by molar-refractivity contribution is 9.10. The van der Waals surface area contributed by atoms with Gasteiger partial charge in [-0.15, -0.1) is 0 Å². The summed E-state index contributed by atoms with van der Waals surface area (Å²) in [7, 11) is 2.16. The lowest BCUT2D eigenvalue weighted by Crippen LogP contribution is -2.32. The third-order valence-electron chi connectivity index (χ3n) is 3.16. The fourth-order valence-electron chi connectivity index (χ4n) is 1.99. The topological polar surface area (TPSA) is 41.6 Å². The average Bonchev–Trinajstić information content (AvgIpc) is 2.30. The smallest absolute Gasteiger partial charge is 0.0524 e. The zero-order valence-electron chi connectivity index (χ0n) is 10.1. The fourth-order valence-corrected chi connectivity index (χ4v) is 2.37. The third-order valence-corrected chi connectivity index (χ3v) is 3.65. The summed E-state index contributed by atoms with van der Waals surface area (Å²) in [4.78, 5) is 6.98. The summed E-state index contributed by atoms with van der Waals surface area (Å²) in [5.41, 5.74) is 7.71. The fraction of sp³-hybridized carbons (Fsp3) is 0.462. The number of piperidine rings is 1. The summed E-state index contributed by atoms with van der Waals surface area (Å²) in [6, 6.07) is 6.36. The normalized spacial score (nSPS) is 18.9. The van der Waals surface area contributed by atoms with E-state index in [9.17, 15) is 0 Å². The number of anilines is 1. The SMILES string of the molecule is CN1CCC(N=Cc2ccc(Br)cc2N)CC1. The summed E-state index contributed by atoms with van der Waals surface area (Å²) in [6.07, 6.45) is 4.20. The Labute approximate surface area is 111 Å². The van der Waals surface area contributed by atoms with E-state index >= 15 is 0 Å². The monoisotopic (exact) mass is 295 g/mol. The summed E-state index contributed by atoms with van der Waals surface area (Å²) in [5, 5.41) is 0. The van der Waals surface area contributed by atoms with Crippen molar-refractivity contribution in [2.75, 3.05) is 25.9 Å². The minimum absolute atomic E-state index is 0.453. The van der Waals surface area contributed by atoms with Crippen LogP contribution in [-0.4, -0.2) is 37.3 Å².